The molecule has 0 aliphatic carbocycles. The zero-order valence-electron chi connectivity index (χ0n) is 10.5. The molecule has 1 aliphatic heterocycles. The van der Waals surface area contributed by atoms with Crippen molar-refractivity contribution in [2.45, 2.75) is 6.42 Å². The van der Waals surface area contributed by atoms with Crippen molar-refractivity contribution < 1.29 is 14.6 Å². The summed E-state index contributed by atoms with van der Waals surface area (Å²) in [6.07, 6.45) is 0.417. The number of rotatable bonds is 3. The van der Waals surface area contributed by atoms with Crippen LogP contribution in [0.5, 0.6) is 0 Å². The predicted octanol–water partition coefficient (Wildman–Crippen LogP) is 0.459. The molecule has 0 radical (unpaired) electrons. The number of aliphatic hydroxyl groups excluding tert-OH is 1. The van der Waals surface area contributed by atoms with Crippen molar-refractivity contribution in [3.63, 3.8) is 0 Å². The van der Waals surface area contributed by atoms with E-state index in [9.17, 15) is 4.79 Å². The number of hydrogen-bond acceptors (Lipinski definition) is 5. The minimum atomic E-state index is -0.134. The van der Waals surface area contributed by atoms with Gasteiger partial charge in [-0.05, 0) is 11.4 Å². The molecule has 102 valence electrons. The number of amides is 1. The maximum atomic E-state index is 12.1. The van der Waals surface area contributed by atoms with Crippen LogP contribution in [-0.4, -0.2) is 48.9 Å². The molecule has 1 aromatic rings. The maximum absolute atomic E-state index is 12.1. The lowest BCUT2D eigenvalue weighted by Gasteiger charge is -2.26. The van der Waals surface area contributed by atoms with E-state index in [1.54, 1.807) is 0 Å². The molecule has 0 aromatic carbocycles. The monoisotopic (exact) mass is 280 g/mol. The van der Waals surface area contributed by atoms with Crippen LogP contribution in [0, 0.1) is 11.8 Å². The molecular formula is C13H16N2O3S. The predicted molar refractivity (Wildman–Crippen MR) is 72.8 cm³/mol. The summed E-state index contributed by atoms with van der Waals surface area (Å²) in [4.78, 5) is 12.7. The molecule has 1 aromatic heterocycles. The molecular weight excluding hydrogens is 264 g/mol. The summed E-state index contributed by atoms with van der Waals surface area (Å²) in [7, 11) is 0. The number of aliphatic hydroxyl groups is 1. The molecule has 6 heteroatoms. The van der Waals surface area contributed by atoms with Crippen LogP contribution in [0.15, 0.2) is 11.4 Å². The Hall–Kier alpha value is -1.39. The van der Waals surface area contributed by atoms with Crippen molar-refractivity contribution in [1.29, 1.82) is 0 Å². The SMILES string of the molecule is O=C(NN1CCOCC1)c1sccc1C#CCCO. The van der Waals surface area contributed by atoms with Gasteiger partial charge in [0, 0.05) is 25.1 Å². The van der Waals surface area contributed by atoms with Gasteiger partial charge in [0.05, 0.1) is 19.8 Å². The molecule has 2 rings (SSSR count). The van der Waals surface area contributed by atoms with Crippen LogP contribution in [0.1, 0.15) is 21.7 Å². The molecule has 0 bridgehead atoms. The van der Waals surface area contributed by atoms with Crippen molar-refractivity contribution in [2.75, 3.05) is 32.9 Å². The van der Waals surface area contributed by atoms with Crippen molar-refractivity contribution in [3.05, 3.63) is 21.9 Å². The average molecular weight is 280 g/mol. The summed E-state index contributed by atoms with van der Waals surface area (Å²) in [5.74, 6) is 5.60. The summed E-state index contributed by atoms with van der Waals surface area (Å²) in [6, 6.07) is 1.82. The third kappa shape index (κ3) is 4.04. The Morgan fingerprint density at radius 1 is 1.53 bits per heavy atom. The highest BCUT2D eigenvalue weighted by Gasteiger charge is 2.17. The van der Waals surface area contributed by atoms with E-state index in [1.165, 1.54) is 11.3 Å². The summed E-state index contributed by atoms with van der Waals surface area (Å²) in [5.41, 5.74) is 3.57. The molecule has 2 N–H and O–H groups in total. The number of hydrogen-bond donors (Lipinski definition) is 2. The minimum Gasteiger partial charge on any atom is -0.395 e. The molecule has 5 nitrogen and oxygen atoms in total. The summed E-state index contributed by atoms with van der Waals surface area (Å²) in [6.45, 7) is 2.69. The van der Waals surface area contributed by atoms with Crippen LogP contribution in [0.25, 0.3) is 0 Å². The first kappa shape index (κ1) is 14.0. The van der Waals surface area contributed by atoms with E-state index in [-0.39, 0.29) is 12.5 Å². The molecule has 19 heavy (non-hydrogen) atoms. The van der Waals surface area contributed by atoms with Gasteiger partial charge in [-0.25, -0.2) is 5.01 Å². The second-order valence-electron chi connectivity index (χ2n) is 3.98. The van der Waals surface area contributed by atoms with Crippen molar-refractivity contribution in [1.82, 2.24) is 10.4 Å². The van der Waals surface area contributed by atoms with Crippen LogP contribution in [0.4, 0.5) is 0 Å². The van der Waals surface area contributed by atoms with E-state index >= 15 is 0 Å². The summed E-state index contributed by atoms with van der Waals surface area (Å²) in [5, 5.41) is 12.4. The molecule has 0 unspecified atom stereocenters. The van der Waals surface area contributed by atoms with E-state index in [2.05, 4.69) is 17.3 Å². The standard InChI is InChI=1S/C13H16N2O3S/c16-7-2-1-3-11-4-10-19-12(11)13(17)14-15-5-8-18-9-6-15/h4,10,16H,2,5-9H2,(H,14,17). The maximum Gasteiger partial charge on any atom is 0.276 e. The number of hydrazine groups is 1. The van der Waals surface area contributed by atoms with Crippen molar-refractivity contribution in [2.24, 2.45) is 0 Å². The van der Waals surface area contributed by atoms with Crippen LogP contribution in [0.2, 0.25) is 0 Å². The van der Waals surface area contributed by atoms with Gasteiger partial charge in [-0.3, -0.25) is 10.2 Å². The summed E-state index contributed by atoms with van der Waals surface area (Å²) < 4.78 is 5.22. The fourth-order valence-corrected chi connectivity index (χ4v) is 2.41. The number of thiophene rings is 1. The zero-order valence-corrected chi connectivity index (χ0v) is 11.3. The van der Waals surface area contributed by atoms with E-state index in [0.717, 1.165) is 0 Å². The third-order valence-corrected chi connectivity index (χ3v) is 3.52. The van der Waals surface area contributed by atoms with Gasteiger partial charge in [0.15, 0.2) is 0 Å². The first-order valence-corrected chi connectivity index (χ1v) is 7.00. The Morgan fingerprint density at radius 3 is 3.05 bits per heavy atom. The molecule has 0 saturated carbocycles. The van der Waals surface area contributed by atoms with Gasteiger partial charge < -0.3 is 9.84 Å². The minimum absolute atomic E-state index is 0.0342. The molecule has 1 aliphatic rings. The highest BCUT2D eigenvalue weighted by molar-refractivity contribution is 7.12. The van der Waals surface area contributed by atoms with Gasteiger partial charge in [-0.15, -0.1) is 11.3 Å². The molecule has 0 atom stereocenters. The fourth-order valence-electron chi connectivity index (χ4n) is 1.67. The Labute approximate surface area is 116 Å². The van der Waals surface area contributed by atoms with Crippen LogP contribution >= 0.6 is 11.3 Å². The highest BCUT2D eigenvalue weighted by atomic mass is 32.1. The Balaban J connectivity index is 1.99. The lowest BCUT2D eigenvalue weighted by molar-refractivity contribution is 0.0127. The van der Waals surface area contributed by atoms with Gasteiger partial charge in [0.25, 0.3) is 5.91 Å². The van der Waals surface area contributed by atoms with Gasteiger partial charge in [0.2, 0.25) is 0 Å². The molecule has 1 fully saturated rings. The van der Waals surface area contributed by atoms with Gasteiger partial charge in [0.1, 0.15) is 4.88 Å². The number of nitrogens with zero attached hydrogens (tertiary/aromatic N) is 1. The first-order valence-electron chi connectivity index (χ1n) is 6.12. The smallest absolute Gasteiger partial charge is 0.276 e. The average Bonchev–Trinajstić information content (AvgIpc) is 2.89. The van der Waals surface area contributed by atoms with Gasteiger partial charge >= 0.3 is 0 Å². The number of carbonyl (C=O) groups excluding carboxylic acids is 1. The topological polar surface area (TPSA) is 61.8 Å². The number of morpholine rings is 1. The van der Waals surface area contributed by atoms with Crippen molar-refractivity contribution in [3.8, 4) is 11.8 Å². The Bertz CT molecular complexity index is 484. The first-order chi connectivity index (χ1) is 9.31. The largest absolute Gasteiger partial charge is 0.395 e. The lowest BCUT2D eigenvalue weighted by Crippen LogP contribution is -2.48. The van der Waals surface area contributed by atoms with E-state index in [4.69, 9.17) is 9.84 Å². The molecule has 1 amide bonds. The second kappa shape index (κ2) is 7.26. The number of nitrogens with one attached hydrogen (secondary N) is 1. The molecule has 2 heterocycles. The van der Waals surface area contributed by atoms with Gasteiger partial charge in [-0.1, -0.05) is 11.8 Å². The van der Waals surface area contributed by atoms with Crippen LogP contribution in [-0.2, 0) is 4.74 Å². The zero-order chi connectivity index (χ0) is 13.5. The number of carbonyl (C=O) groups is 1. The Morgan fingerprint density at radius 2 is 2.32 bits per heavy atom. The van der Waals surface area contributed by atoms with E-state index in [1.807, 2.05) is 16.5 Å². The quantitative estimate of drug-likeness (QED) is 0.790. The molecule has 0 spiro atoms. The fraction of sp³-hybridized carbons (Fsp3) is 0.462. The second-order valence-corrected chi connectivity index (χ2v) is 4.90. The van der Waals surface area contributed by atoms with Gasteiger partial charge in [-0.2, -0.15) is 0 Å². The van der Waals surface area contributed by atoms with E-state index in [0.29, 0.717) is 43.2 Å². The third-order valence-electron chi connectivity index (χ3n) is 2.60. The Kier molecular flexibility index (Phi) is 5.36. The number of ether oxygens (including phenoxy) is 1. The van der Waals surface area contributed by atoms with Crippen LogP contribution < -0.4 is 5.43 Å². The lowest BCUT2D eigenvalue weighted by atomic mass is 10.2. The van der Waals surface area contributed by atoms with E-state index < -0.39 is 0 Å². The summed E-state index contributed by atoms with van der Waals surface area (Å²) >= 11 is 1.37. The highest BCUT2D eigenvalue weighted by Crippen LogP contribution is 2.15. The normalized spacial score (nSPS) is 15.6. The van der Waals surface area contributed by atoms with Crippen molar-refractivity contribution >= 4 is 17.2 Å². The molecule has 1 saturated heterocycles. The van der Waals surface area contributed by atoms with Crippen LogP contribution in [0.3, 0.4) is 0 Å².